The molecule has 1 aliphatic rings. The average Bonchev–Trinajstić information content (AvgIpc) is 2.27. The third kappa shape index (κ3) is 3.75. The van der Waals surface area contributed by atoms with Gasteiger partial charge in [0, 0.05) is 24.0 Å². The highest BCUT2D eigenvalue weighted by Gasteiger charge is 2.27. The molecule has 1 unspecified atom stereocenters. The van der Waals surface area contributed by atoms with E-state index in [0.29, 0.717) is 6.54 Å². The van der Waals surface area contributed by atoms with E-state index in [0.717, 1.165) is 6.07 Å². The lowest BCUT2D eigenvalue weighted by Gasteiger charge is -2.23. The fraction of sp³-hybridized carbons (Fsp3) is 0.417. The largest absolute Gasteiger partial charge is 0.312 e. The molecule has 1 N–H and O–H groups in total. The molecular formula is C12H13ClFNO3S. The van der Waals surface area contributed by atoms with Gasteiger partial charge in [-0.3, -0.25) is 4.79 Å². The van der Waals surface area contributed by atoms with Crippen molar-refractivity contribution in [3.8, 4) is 0 Å². The molecule has 0 aromatic heterocycles. The molecule has 7 heteroatoms. The van der Waals surface area contributed by atoms with Gasteiger partial charge in [0.15, 0.2) is 15.6 Å². The van der Waals surface area contributed by atoms with Gasteiger partial charge in [-0.15, -0.1) is 0 Å². The van der Waals surface area contributed by atoms with Crippen LogP contribution < -0.4 is 5.32 Å². The van der Waals surface area contributed by atoms with E-state index in [2.05, 4.69) is 5.32 Å². The number of sulfone groups is 1. The normalized spacial score (nSPS) is 22.1. The van der Waals surface area contributed by atoms with Gasteiger partial charge in [-0.2, -0.15) is 0 Å². The van der Waals surface area contributed by atoms with Crippen molar-refractivity contribution in [2.45, 2.75) is 12.5 Å². The standard InChI is InChI=1S/C12H13ClFNO3S/c13-8-1-2-10(11(14)5-8)12(16)6-9-7-19(17,18)4-3-15-9/h1-2,5,9,15H,3-4,6-7H2. The van der Waals surface area contributed by atoms with Gasteiger partial charge in [0.05, 0.1) is 17.1 Å². The zero-order valence-corrected chi connectivity index (χ0v) is 11.6. The smallest absolute Gasteiger partial charge is 0.167 e. The summed E-state index contributed by atoms with van der Waals surface area (Å²) in [6, 6.07) is 3.36. The van der Waals surface area contributed by atoms with Gasteiger partial charge >= 0.3 is 0 Å². The molecule has 1 aromatic rings. The van der Waals surface area contributed by atoms with E-state index in [-0.39, 0.29) is 28.5 Å². The quantitative estimate of drug-likeness (QED) is 0.858. The third-order valence-electron chi connectivity index (χ3n) is 2.96. The fourth-order valence-electron chi connectivity index (χ4n) is 2.05. The van der Waals surface area contributed by atoms with Crippen molar-refractivity contribution in [1.29, 1.82) is 0 Å². The van der Waals surface area contributed by atoms with E-state index >= 15 is 0 Å². The zero-order chi connectivity index (χ0) is 14.0. The molecule has 0 radical (unpaired) electrons. The van der Waals surface area contributed by atoms with Crippen LogP contribution in [0.1, 0.15) is 16.8 Å². The lowest BCUT2D eigenvalue weighted by atomic mass is 10.0. The van der Waals surface area contributed by atoms with Gasteiger partial charge < -0.3 is 5.32 Å². The molecule has 2 rings (SSSR count). The van der Waals surface area contributed by atoms with Gasteiger partial charge in [0.1, 0.15) is 5.82 Å². The fourth-order valence-corrected chi connectivity index (χ4v) is 3.65. The van der Waals surface area contributed by atoms with Crippen LogP contribution in [0.4, 0.5) is 4.39 Å². The zero-order valence-electron chi connectivity index (χ0n) is 10.0. The molecule has 104 valence electrons. The Morgan fingerprint density at radius 1 is 1.47 bits per heavy atom. The van der Waals surface area contributed by atoms with Crippen LogP contribution in [0.15, 0.2) is 18.2 Å². The van der Waals surface area contributed by atoms with Gasteiger partial charge in [0.25, 0.3) is 0 Å². The minimum Gasteiger partial charge on any atom is -0.312 e. The van der Waals surface area contributed by atoms with Crippen LogP contribution in [0.5, 0.6) is 0 Å². The number of nitrogens with one attached hydrogen (secondary N) is 1. The summed E-state index contributed by atoms with van der Waals surface area (Å²) in [5.74, 6) is -1.12. The number of Topliss-reactive ketones (excluding diaryl/α,β-unsaturated/α-hetero) is 1. The maximum Gasteiger partial charge on any atom is 0.167 e. The maximum atomic E-state index is 13.6. The van der Waals surface area contributed by atoms with Crippen LogP contribution in [0.25, 0.3) is 0 Å². The molecule has 19 heavy (non-hydrogen) atoms. The first-order valence-corrected chi connectivity index (χ1v) is 7.99. The van der Waals surface area contributed by atoms with Crippen LogP contribution in [0.3, 0.4) is 0 Å². The Kier molecular flexibility index (Phi) is 4.23. The molecular weight excluding hydrogens is 293 g/mol. The van der Waals surface area contributed by atoms with Crippen molar-refractivity contribution >= 4 is 27.2 Å². The molecule has 0 amide bonds. The Balaban J connectivity index is 2.09. The molecule has 1 saturated heterocycles. The van der Waals surface area contributed by atoms with Gasteiger partial charge in [-0.1, -0.05) is 11.6 Å². The first-order chi connectivity index (χ1) is 8.87. The second-order valence-corrected chi connectivity index (χ2v) is 7.18. The Morgan fingerprint density at radius 3 is 2.84 bits per heavy atom. The van der Waals surface area contributed by atoms with E-state index in [4.69, 9.17) is 11.6 Å². The van der Waals surface area contributed by atoms with Gasteiger partial charge in [-0.25, -0.2) is 12.8 Å². The maximum absolute atomic E-state index is 13.6. The van der Waals surface area contributed by atoms with Gasteiger partial charge in [-0.05, 0) is 18.2 Å². The monoisotopic (exact) mass is 305 g/mol. The van der Waals surface area contributed by atoms with Crippen molar-refractivity contribution < 1.29 is 17.6 Å². The summed E-state index contributed by atoms with van der Waals surface area (Å²) in [7, 11) is -3.11. The Morgan fingerprint density at radius 2 is 2.21 bits per heavy atom. The molecule has 0 saturated carbocycles. The topological polar surface area (TPSA) is 63.2 Å². The third-order valence-corrected chi connectivity index (χ3v) is 4.94. The molecule has 0 aliphatic carbocycles. The highest BCUT2D eigenvalue weighted by molar-refractivity contribution is 7.91. The summed E-state index contributed by atoms with van der Waals surface area (Å²) in [5, 5.41) is 3.17. The highest BCUT2D eigenvalue weighted by atomic mass is 35.5. The Labute approximate surface area is 115 Å². The molecule has 0 bridgehead atoms. The minimum absolute atomic E-state index is 0.0439. The molecule has 4 nitrogen and oxygen atoms in total. The van der Waals surface area contributed by atoms with E-state index < -0.39 is 27.5 Å². The summed E-state index contributed by atoms with van der Waals surface area (Å²) >= 11 is 5.61. The summed E-state index contributed by atoms with van der Waals surface area (Å²) in [4.78, 5) is 11.9. The van der Waals surface area contributed by atoms with E-state index in [1.54, 1.807) is 0 Å². The predicted octanol–water partition coefficient (Wildman–Crippen LogP) is 1.44. The van der Waals surface area contributed by atoms with Crippen molar-refractivity contribution in [2.75, 3.05) is 18.1 Å². The number of hydrogen-bond acceptors (Lipinski definition) is 4. The van der Waals surface area contributed by atoms with Crippen molar-refractivity contribution in [3.05, 3.63) is 34.6 Å². The Bertz CT molecular complexity index is 603. The number of halogens is 2. The van der Waals surface area contributed by atoms with Crippen LogP contribution >= 0.6 is 11.6 Å². The Hall–Kier alpha value is -0.980. The summed E-state index contributed by atoms with van der Waals surface area (Å²) in [6.07, 6.45) is -0.0439. The number of carbonyl (C=O) groups is 1. The summed E-state index contributed by atoms with van der Waals surface area (Å²) in [5.41, 5.74) is -0.0610. The molecule has 1 atom stereocenters. The summed E-state index contributed by atoms with van der Waals surface area (Å²) < 4.78 is 36.5. The van der Waals surface area contributed by atoms with E-state index in [9.17, 15) is 17.6 Å². The molecule has 1 fully saturated rings. The molecule has 1 aromatic carbocycles. The van der Waals surface area contributed by atoms with Crippen LogP contribution in [0.2, 0.25) is 5.02 Å². The number of benzene rings is 1. The SMILES string of the molecule is O=C(CC1CS(=O)(=O)CCN1)c1ccc(Cl)cc1F. The minimum atomic E-state index is -3.11. The first kappa shape index (κ1) is 14.4. The van der Waals surface area contributed by atoms with Gasteiger partial charge in [0.2, 0.25) is 0 Å². The highest BCUT2D eigenvalue weighted by Crippen LogP contribution is 2.17. The van der Waals surface area contributed by atoms with Crippen molar-refractivity contribution in [2.24, 2.45) is 0 Å². The molecule has 1 aliphatic heterocycles. The lowest BCUT2D eigenvalue weighted by molar-refractivity contribution is 0.0968. The predicted molar refractivity (Wildman–Crippen MR) is 70.8 cm³/mol. The first-order valence-electron chi connectivity index (χ1n) is 5.79. The summed E-state index contributed by atoms with van der Waals surface area (Å²) in [6.45, 7) is 0.323. The number of carbonyl (C=O) groups excluding carboxylic acids is 1. The number of ketones is 1. The lowest BCUT2D eigenvalue weighted by Crippen LogP contribution is -2.46. The van der Waals surface area contributed by atoms with Crippen LogP contribution in [-0.2, 0) is 9.84 Å². The number of rotatable bonds is 3. The second-order valence-electron chi connectivity index (χ2n) is 4.52. The van der Waals surface area contributed by atoms with Crippen LogP contribution in [0, 0.1) is 5.82 Å². The number of hydrogen-bond donors (Lipinski definition) is 1. The van der Waals surface area contributed by atoms with Crippen molar-refractivity contribution in [3.63, 3.8) is 0 Å². The average molecular weight is 306 g/mol. The van der Waals surface area contributed by atoms with Crippen LogP contribution in [-0.4, -0.2) is 38.3 Å². The van der Waals surface area contributed by atoms with Crippen molar-refractivity contribution in [1.82, 2.24) is 5.32 Å². The van der Waals surface area contributed by atoms with E-state index in [1.165, 1.54) is 12.1 Å². The molecule has 1 heterocycles. The second kappa shape index (κ2) is 5.56. The molecule has 0 spiro atoms. The van der Waals surface area contributed by atoms with E-state index in [1.807, 2.05) is 0 Å².